The van der Waals surface area contributed by atoms with E-state index in [1.165, 1.54) is 5.56 Å². The highest BCUT2D eigenvalue weighted by Gasteiger charge is 2.28. The van der Waals surface area contributed by atoms with Gasteiger partial charge >= 0.3 is 0 Å². The topological polar surface area (TPSA) is 58.2 Å². The van der Waals surface area contributed by atoms with Gasteiger partial charge in [-0.3, -0.25) is 0 Å². The molecular formula is C16H26N2O2S. The van der Waals surface area contributed by atoms with Crippen molar-refractivity contribution in [3.05, 3.63) is 29.8 Å². The van der Waals surface area contributed by atoms with Crippen LogP contribution in [-0.2, 0) is 16.4 Å². The third-order valence-electron chi connectivity index (χ3n) is 4.29. The summed E-state index contributed by atoms with van der Waals surface area (Å²) in [5.74, 6) is 0.431. The predicted octanol–water partition coefficient (Wildman–Crippen LogP) is 2.31. The Bertz CT molecular complexity index is 540. The molecule has 0 heterocycles. The Morgan fingerprint density at radius 3 is 2.48 bits per heavy atom. The van der Waals surface area contributed by atoms with Crippen LogP contribution in [0.4, 0.5) is 0 Å². The minimum absolute atomic E-state index is 0.0882. The molecule has 5 heteroatoms. The Labute approximate surface area is 128 Å². The molecule has 1 aliphatic rings. The molecule has 2 N–H and O–H groups in total. The Balaban J connectivity index is 1.99. The van der Waals surface area contributed by atoms with E-state index >= 15 is 0 Å². The van der Waals surface area contributed by atoms with Gasteiger partial charge in [-0.2, -0.15) is 0 Å². The zero-order chi connectivity index (χ0) is 15.3. The molecule has 4 nitrogen and oxygen atoms in total. The van der Waals surface area contributed by atoms with Crippen molar-refractivity contribution in [2.75, 3.05) is 13.6 Å². The van der Waals surface area contributed by atoms with Crippen LogP contribution in [0.1, 0.15) is 38.2 Å². The van der Waals surface area contributed by atoms with Gasteiger partial charge in [0.05, 0.1) is 4.90 Å². The maximum Gasteiger partial charge on any atom is 0.240 e. The summed E-state index contributed by atoms with van der Waals surface area (Å²) in [6.07, 6.45) is 5.19. The van der Waals surface area contributed by atoms with E-state index < -0.39 is 10.0 Å². The maximum absolute atomic E-state index is 12.4. The quantitative estimate of drug-likeness (QED) is 0.760. The Morgan fingerprint density at radius 2 is 1.90 bits per heavy atom. The lowest BCUT2D eigenvalue weighted by atomic mass is 10.1. The normalized spacial score (nSPS) is 22.6. The molecule has 2 atom stereocenters. The lowest BCUT2D eigenvalue weighted by Gasteiger charge is -2.17. The largest absolute Gasteiger partial charge is 0.320 e. The van der Waals surface area contributed by atoms with Crippen LogP contribution in [0.3, 0.4) is 0 Å². The van der Waals surface area contributed by atoms with E-state index in [0.29, 0.717) is 10.8 Å². The Hall–Kier alpha value is -0.910. The highest BCUT2D eigenvalue weighted by atomic mass is 32.2. The van der Waals surface area contributed by atoms with Crippen LogP contribution in [0, 0.1) is 5.92 Å². The molecule has 21 heavy (non-hydrogen) atoms. The molecule has 1 aliphatic carbocycles. The van der Waals surface area contributed by atoms with E-state index in [2.05, 4.69) is 17.0 Å². The molecule has 1 aromatic carbocycles. The predicted molar refractivity (Wildman–Crippen MR) is 85.8 cm³/mol. The van der Waals surface area contributed by atoms with E-state index in [-0.39, 0.29) is 6.04 Å². The van der Waals surface area contributed by atoms with Crippen LogP contribution in [-0.4, -0.2) is 28.1 Å². The monoisotopic (exact) mass is 310 g/mol. The molecule has 2 unspecified atom stereocenters. The molecule has 118 valence electrons. The van der Waals surface area contributed by atoms with Gasteiger partial charge < -0.3 is 5.32 Å². The smallest absolute Gasteiger partial charge is 0.240 e. The first-order chi connectivity index (χ1) is 10.0. The van der Waals surface area contributed by atoms with Crippen molar-refractivity contribution in [3.8, 4) is 0 Å². The van der Waals surface area contributed by atoms with Gasteiger partial charge in [0.15, 0.2) is 0 Å². The van der Waals surface area contributed by atoms with E-state index in [0.717, 1.165) is 38.6 Å². The summed E-state index contributed by atoms with van der Waals surface area (Å²) in [6.45, 7) is 3.09. The van der Waals surface area contributed by atoms with Gasteiger partial charge in [0.2, 0.25) is 10.0 Å². The van der Waals surface area contributed by atoms with Crippen LogP contribution < -0.4 is 10.0 Å². The first-order valence-electron chi connectivity index (χ1n) is 7.79. The standard InChI is InChI=1S/C16H26N2O2S/c1-13-5-3-7-16(13)18-21(19,20)15-10-8-14(9-11-15)6-4-12-17-2/h8-11,13,16-18H,3-7,12H2,1-2H3. The molecule has 0 saturated heterocycles. The van der Waals surface area contributed by atoms with Gasteiger partial charge in [0.25, 0.3) is 0 Å². The van der Waals surface area contributed by atoms with Crippen molar-refractivity contribution < 1.29 is 8.42 Å². The summed E-state index contributed by atoms with van der Waals surface area (Å²) in [5.41, 5.74) is 1.18. The van der Waals surface area contributed by atoms with Crippen molar-refractivity contribution in [1.82, 2.24) is 10.0 Å². The fraction of sp³-hybridized carbons (Fsp3) is 0.625. The van der Waals surface area contributed by atoms with Gasteiger partial charge in [0.1, 0.15) is 0 Å². The fourth-order valence-corrected chi connectivity index (χ4v) is 4.27. The van der Waals surface area contributed by atoms with Crippen molar-refractivity contribution in [2.24, 2.45) is 5.92 Å². The van der Waals surface area contributed by atoms with Crippen molar-refractivity contribution in [2.45, 2.75) is 50.0 Å². The van der Waals surface area contributed by atoms with Gasteiger partial charge in [-0.1, -0.05) is 25.5 Å². The first kappa shape index (κ1) is 16.5. The summed E-state index contributed by atoms with van der Waals surface area (Å²) in [5, 5.41) is 3.11. The molecule has 0 amide bonds. The fourth-order valence-electron chi connectivity index (χ4n) is 2.89. The first-order valence-corrected chi connectivity index (χ1v) is 9.27. The van der Waals surface area contributed by atoms with Gasteiger partial charge in [-0.25, -0.2) is 13.1 Å². The lowest BCUT2D eigenvalue weighted by molar-refractivity contribution is 0.476. The number of hydrogen-bond acceptors (Lipinski definition) is 3. The van der Waals surface area contributed by atoms with Crippen LogP contribution in [0.15, 0.2) is 29.2 Å². The summed E-state index contributed by atoms with van der Waals surface area (Å²) in [6, 6.07) is 7.36. The maximum atomic E-state index is 12.4. The molecule has 0 spiro atoms. The molecular weight excluding hydrogens is 284 g/mol. The number of benzene rings is 1. The van der Waals surface area contributed by atoms with Crippen LogP contribution in [0.5, 0.6) is 0 Å². The highest BCUT2D eigenvalue weighted by Crippen LogP contribution is 2.26. The molecule has 0 aliphatic heterocycles. The van der Waals surface area contributed by atoms with Crippen LogP contribution in [0.25, 0.3) is 0 Å². The average Bonchev–Trinajstić information content (AvgIpc) is 2.84. The van der Waals surface area contributed by atoms with Gasteiger partial charge in [0, 0.05) is 6.04 Å². The van der Waals surface area contributed by atoms with Gasteiger partial charge in [-0.15, -0.1) is 0 Å². The van der Waals surface area contributed by atoms with Crippen molar-refractivity contribution >= 4 is 10.0 Å². The third kappa shape index (κ3) is 4.53. The Morgan fingerprint density at radius 1 is 1.19 bits per heavy atom. The third-order valence-corrected chi connectivity index (χ3v) is 5.80. The lowest BCUT2D eigenvalue weighted by Crippen LogP contribution is -2.36. The molecule has 2 rings (SSSR count). The summed E-state index contributed by atoms with van der Waals surface area (Å²) < 4.78 is 27.6. The number of sulfonamides is 1. The van der Waals surface area contributed by atoms with Crippen molar-refractivity contribution in [1.29, 1.82) is 0 Å². The number of rotatable bonds is 7. The van der Waals surface area contributed by atoms with Crippen molar-refractivity contribution in [3.63, 3.8) is 0 Å². The second-order valence-electron chi connectivity index (χ2n) is 5.99. The van der Waals surface area contributed by atoms with Crippen LogP contribution in [0.2, 0.25) is 0 Å². The summed E-state index contributed by atoms with van der Waals surface area (Å²) >= 11 is 0. The van der Waals surface area contributed by atoms with E-state index in [4.69, 9.17) is 0 Å². The minimum atomic E-state index is -3.38. The molecule has 1 saturated carbocycles. The zero-order valence-electron chi connectivity index (χ0n) is 12.9. The molecule has 1 aromatic rings. The van der Waals surface area contributed by atoms with Crippen LogP contribution >= 0.6 is 0 Å². The van der Waals surface area contributed by atoms with E-state index in [9.17, 15) is 8.42 Å². The molecule has 0 aromatic heterocycles. The second-order valence-corrected chi connectivity index (χ2v) is 7.70. The number of nitrogens with one attached hydrogen (secondary N) is 2. The average molecular weight is 310 g/mol. The van der Waals surface area contributed by atoms with E-state index in [1.54, 1.807) is 12.1 Å². The molecule has 0 bridgehead atoms. The van der Waals surface area contributed by atoms with E-state index in [1.807, 2.05) is 19.2 Å². The second kappa shape index (κ2) is 7.38. The molecule has 0 radical (unpaired) electrons. The van der Waals surface area contributed by atoms with Gasteiger partial charge in [-0.05, 0) is 62.9 Å². The number of aryl methyl sites for hydroxylation is 1. The number of hydrogen-bond donors (Lipinski definition) is 2. The minimum Gasteiger partial charge on any atom is -0.320 e. The Kier molecular flexibility index (Phi) is 5.79. The summed E-state index contributed by atoms with van der Waals surface area (Å²) in [7, 11) is -1.45. The highest BCUT2D eigenvalue weighted by molar-refractivity contribution is 7.89. The summed E-state index contributed by atoms with van der Waals surface area (Å²) in [4.78, 5) is 0.374. The SMILES string of the molecule is CNCCCc1ccc(S(=O)(=O)NC2CCCC2C)cc1. The molecule has 1 fully saturated rings. The zero-order valence-corrected chi connectivity index (χ0v) is 13.7.